The van der Waals surface area contributed by atoms with E-state index in [9.17, 15) is 4.79 Å². The number of hydrogen-bond donors (Lipinski definition) is 1. The smallest absolute Gasteiger partial charge is 0.277 e. The first-order valence-electron chi connectivity index (χ1n) is 8.17. The second kappa shape index (κ2) is 10.0. The number of hydrazone groups is 1. The molecule has 6 heteroatoms. The third-order valence-corrected chi connectivity index (χ3v) is 4.33. The van der Waals surface area contributed by atoms with Crippen LogP contribution in [-0.4, -0.2) is 31.8 Å². The number of carbonyl (C=O) groups is 1. The number of anilines is 1. The molecule has 0 fully saturated rings. The molecule has 132 valence electrons. The monoisotopic (exact) mass is 451 g/mol. The van der Waals surface area contributed by atoms with Crippen molar-refractivity contribution in [3.05, 3.63) is 57.7 Å². The zero-order valence-electron chi connectivity index (χ0n) is 14.4. The quantitative estimate of drug-likeness (QED) is 0.379. The van der Waals surface area contributed by atoms with E-state index in [1.165, 1.54) is 5.69 Å². The number of nitrogens with zero attached hydrogens (tertiary/aromatic N) is 2. The summed E-state index contributed by atoms with van der Waals surface area (Å²) in [5.41, 5.74) is 4.57. The molecule has 0 heterocycles. The van der Waals surface area contributed by atoms with E-state index in [4.69, 9.17) is 4.74 Å². The SMILES string of the molecule is CCN(CC)c1ccc(C=NNC(=O)COc2ccc(I)cc2)cc1. The predicted octanol–water partition coefficient (Wildman–Crippen LogP) is 3.67. The van der Waals surface area contributed by atoms with Crippen molar-refractivity contribution in [2.24, 2.45) is 5.10 Å². The van der Waals surface area contributed by atoms with Crippen molar-refractivity contribution in [3.63, 3.8) is 0 Å². The topological polar surface area (TPSA) is 53.9 Å². The van der Waals surface area contributed by atoms with Crippen molar-refractivity contribution in [1.29, 1.82) is 0 Å². The molecule has 2 rings (SSSR count). The number of carbonyl (C=O) groups excluding carboxylic acids is 1. The summed E-state index contributed by atoms with van der Waals surface area (Å²) in [6.07, 6.45) is 1.62. The Morgan fingerprint density at radius 3 is 2.36 bits per heavy atom. The molecule has 0 aromatic heterocycles. The summed E-state index contributed by atoms with van der Waals surface area (Å²) >= 11 is 2.22. The zero-order valence-corrected chi connectivity index (χ0v) is 16.6. The molecular formula is C19H22IN3O2. The maximum Gasteiger partial charge on any atom is 0.277 e. The number of amides is 1. The number of ether oxygens (including phenoxy) is 1. The van der Waals surface area contributed by atoms with Gasteiger partial charge in [0, 0.05) is 22.3 Å². The molecule has 0 atom stereocenters. The largest absolute Gasteiger partial charge is 0.484 e. The highest BCUT2D eigenvalue weighted by Gasteiger charge is 2.02. The standard InChI is InChI=1S/C19H22IN3O2/c1-3-23(4-2)17-9-5-15(6-10-17)13-21-22-19(24)14-25-18-11-7-16(20)8-12-18/h5-13H,3-4,14H2,1-2H3,(H,22,24). The molecular weight excluding hydrogens is 429 g/mol. The minimum atomic E-state index is -0.297. The third kappa shape index (κ3) is 6.38. The Morgan fingerprint density at radius 1 is 1.12 bits per heavy atom. The molecule has 0 aliphatic heterocycles. The van der Waals surface area contributed by atoms with Gasteiger partial charge in [-0.3, -0.25) is 4.79 Å². The fourth-order valence-electron chi connectivity index (χ4n) is 2.25. The first kappa shape index (κ1) is 19.2. The highest BCUT2D eigenvalue weighted by molar-refractivity contribution is 14.1. The van der Waals surface area contributed by atoms with Crippen molar-refractivity contribution >= 4 is 40.4 Å². The van der Waals surface area contributed by atoms with Gasteiger partial charge in [-0.2, -0.15) is 5.10 Å². The molecule has 0 unspecified atom stereocenters. The Labute approximate surface area is 162 Å². The van der Waals surface area contributed by atoms with E-state index in [0.29, 0.717) is 5.75 Å². The van der Waals surface area contributed by atoms with Crippen LogP contribution in [0.3, 0.4) is 0 Å². The van der Waals surface area contributed by atoms with Gasteiger partial charge < -0.3 is 9.64 Å². The lowest BCUT2D eigenvalue weighted by Gasteiger charge is -2.20. The van der Waals surface area contributed by atoms with Gasteiger partial charge >= 0.3 is 0 Å². The van der Waals surface area contributed by atoms with Crippen molar-refractivity contribution in [2.75, 3.05) is 24.6 Å². The Hall–Kier alpha value is -2.09. The molecule has 0 aliphatic carbocycles. The van der Waals surface area contributed by atoms with Crippen molar-refractivity contribution < 1.29 is 9.53 Å². The van der Waals surface area contributed by atoms with Crippen LogP contribution in [0.2, 0.25) is 0 Å². The van der Waals surface area contributed by atoms with E-state index >= 15 is 0 Å². The van der Waals surface area contributed by atoms with Crippen LogP contribution in [0.1, 0.15) is 19.4 Å². The Kier molecular flexibility index (Phi) is 7.72. The van der Waals surface area contributed by atoms with Crippen LogP contribution in [0.5, 0.6) is 5.75 Å². The van der Waals surface area contributed by atoms with Gasteiger partial charge in [0.1, 0.15) is 5.75 Å². The number of hydrogen-bond acceptors (Lipinski definition) is 4. The van der Waals surface area contributed by atoms with Crippen molar-refractivity contribution in [3.8, 4) is 5.75 Å². The second-order valence-electron chi connectivity index (χ2n) is 5.30. The van der Waals surface area contributed by atoms with Crippen LogP contribution < -0.4 is 15.1 Å². The van der Waals surface area contributed by atoms with Crippen molar-refractivity contribution in [2.45, 2.75) is 13.8 Å². The van der Waals surface area contributed by atoms with Crippen molar-refractivity contribution in [1.82, 2.24) is 5.43 Å². The fraction of sp³-hybridized carbons (Fsp3) is 0.263. The molecule has 0 saturated heterocycles. The van der Waals surface area contributed by atoms with Crippen LogP contribution >= 0.6 is 22.6 Å². The lowest BCUT2D eigenvalue weighted by atomic mass is 10.2. The summed E-state index contributed by atoms with van der Waals surface area (Å²) in [7, 11) is 0. The molecule has 2 aromatic rings. The predicted molar refractivity (Wildman–Crippen MR) is 110 cm³/mol. The zero-order chi connectivity index (χ0) is 18.1. The Balaban J connectivity index is 1.79. The molecule has 0 radical (unpaired) electrons. The summed E-state index contributed by atoms with van der Waals surface area (Å²) in [6, 6.07) is 15.6. The van der Waals surface area contributed by atoms with E-state index in [2.05, 4.69) is 64.0 Å². The van der Waals surface area contributed by atoms with E-state index in [-0.39, 0.29) is 12.5 Å². The molecule has 0 spiro atoms. The average molecular weight is 451 g/mol. The minimum Gasteiger partial charge on any atom is -0.484 e. The van der Waals surface area contributed by atoms with Gasteiger partial charge in [-0.25, -0.2) is 5.43 Å². The van der Waals surface area contributed by atoms with E-state index in [1.807, 2.05) is 36.4 Å². The second-order valence-corrected chi connectivity index (χ2v) is 6.55. The Bertz CT molecular complexity index is 696. The van der Waals surface area contributed by atoms with Gasteiger partial charge in [0.05, 0.1) is 6.21 Å². The summed E-state index contributed by atoms with van der Waals surface area (Å²) in [4.78, 5) is 14.0. The molecule has 5 nitrogen and oxygen atoms in total. The maximum absolute atomic E-state index is 11.7. The lowest BCUT2D eigenvalue weighted by molar-refractivity contribution is -0.123. The molecule has 2 aromatic carbocycles. The normalized spacial score (nSPS) is 10.7. The minimum absolute atomic E-state index is 0.0706. The highest BCUT2D eigenvalue weighted by atomic mass is 127. The van der Waals surface area contributed by atoms with Crippen LogP contribution in [0.25, 0.3) is 0 Å². The summed E-state index contributed by atoms with van der Waals surface area (Å²) < 4.78 is 6.51. The summed E-state index contributed by atoms with van der Waals surface area (Å²) in [5, 5.41) is 3.96. The molecule has 1 N–H and O–H groups in total. The molecule has 0 saturated carbocycles. The molecule has 0 bridgehead atoms. The van der Waals surface area contributed by atoms with Gasteiger partial charge in [0.2, 0.25) is 0 Å². The van der Waals surface area contributed by atoms with E-state index < -0.39 is 0 Å². The first-order chi connectivity index (χ1) is 12.1. The average Bonchev–Trinajstić information content (AvgIpc) is 2.63. The van der Waals surface area contributed by atoms with Gasteiger partial charge in [-0.05, 0) is 78.4 Å². The number of nitrogens with one attached hydrogen (secondary N) is 1. The maximum atomic E-state index is 11.7. The Morgan fingerprint density at radius 2 is 1.76 bits per heavy atom. The van der Waals surface area contributed by atoms with Gasteiger partial charge in [-0.15, -0.1) is 0 Å². The number of halogens is 1. The molecule has 25 heavy (non-hydrogen) atoms. The van der Waals surface area contributed by atoms with Crippen LogP contribution in [0.4, 0.5) is 5.69 Å². The first-order valence-corrected chi connectivity index (χ1v) is 9.25. The lowest BCUT2D eigenvalue weighted by Crippen LogP contribution is -2.24. The van der Waals surface area contributed by atoms with Crippen LogP contribution in [0.15, 0.2) is 53.6 Å². The van der Waals surface area contributed by atoms with Crippen LogP contribution in [-0.2, 0) is 4.79 Å². The number of benzene rings is 2. The van der Waals surface area contributed by atoms with Gasteiger partial charge in [0.25, 0.3) is 5.91 Å². The summed E-state index contributed by atoms with van der Waals surface area (Å²) in [6.45, 7) is 6.14. The van der Waals surface area contributed by atoms with E-state index in [0.717, 1.165) is 22.2 Å². The van der Waals surface area contributed by atoms with Crippen LogP contribution in [0, 0.1) is 3.57 Å². The van der Waals surface area contributed by atoms with Gasteiger partial charge in [0.15, 0.2) is 6.61 Å². The fourth-order valence-corrected chi connectivity index (χ4v) is 2.61. The molecule has 1 amide bonds. The highest BCUT2D eigenvalue weighted by Crippen LogP contribution is 2.14. The molecule has 0 aliphatic rings. The van der Waals surface area contributed by atoms with Gasteiger partial charge in [-0.1, -0.05) is 12.1 Å². The number of rotatable bonds is 8. The van der Waals surface area contributed by atoms with E-state index in [1.54, 1.807) is 6.21 Å². The third-order valence-electron chi connectivity index (χ3n) is 3.61. The summed E-state index contributed by atoms with van der Waals surface area (Å²) in [5.74, 6) is 0.362.